The maximum atomic E-state index is 12.3. The van der Waals surface area contributed by atoms with Gasteiger partial charge in [0.15, 0.2) is 6.61 Å². The van der Waals surface area contributed by atoms with E-state index in [2.05, 4.69) is 12.2 Å². The summed E-state index contributed by atoms with van der Waals surface area (Å²) in [4.78, 5) is 49.1. The molecule has 0 bridgehead atoms. The summed E-state index contributed by atoms with van der Waals surface area (Å²) in [5.74, 6) is -1.72. The van der Waals surface area contributed by atoms with Gasteiger partial charge in [-0.2, -0.15) is 0 Å². The summed E-state index contributed by atoms with van der Waals surface area (Å²) >= 11 is 0. The van der Waals surface area contributed by atoms with E-state index in [1.807, 2.05) is 4.90 Å². The Labute approximate surface area is 179 Å². The van der Waals surface area contributed by atoms with E-state index in [-0.39, 0.29) is 11.3 Å². The summed E-state index contributed by atoms with van der Waals surface area (Å²) in [6, 6.07) is 12.2. The second-order valence-corrected chi connectivity index (χ2v) is 7.45. The summed E-state index contributed by atoms with van der Waals surface area (Å²) < 4.78 is 4.92. The first-order chi connectivity index (χ1) is 14.8. The second-order valence-electron chi connectivity index (χ2n) is 7.45. The van der Waals surface area contributed by atoms with Crippen LogP contribution in [0, 0.1) is 16.0 Å². The van der Waals surface area contributed by atoms with Crippen LogP contribution in [0.3, 0.4) is 0 Å². The first-order valence-corrected chi connectivity index (χ1v) is 9.95. The van der Waals surface area contributed by atoms with Crippen LogP contribution in [0.5, 0.6) is 0 Å². The molecule has 1 aliphatic rings. The average molecular weight is 425 g/mol. The third kappa shape index (κ3) is 5.65. The molecule has 9 heteroatoms. The standard InChI is InChI=1S/C22H23N3O6/c1-15-9-11-24(12-10-15)18-8-7-17(13-19(18)25(29)30)22(28)31-14-20(26)23-21(27)16-5-3-2-4-6-16/h2-8,13,15H,9-12,14H2,1H3,(H,23,26,27). The third-order valence-electron chi connectivity index (χ3n) is 5.16. The van der Waals surface area contributed by atoms with Crippen LogP contribution in [0.25, 0.3) is 0 Å². The number of imide groups is 1. The van der Waals surface area contributed by atoms with Crippen molar-refractivity contribution in [2.24, 2.45) is 5.92 Å². The minimum Gasteiger partial charge on any atom is -0.452 e. The Morgan fingerprint density at radius 1 is 1.10 bits per heavy atom. The summed E-state index contributed by atoms with van der Waals surface area (Å²) in [5, 5.41) is 13.7. The monoisotopic (exact) mass is 425 g/mol. The molecule has 2 amide bonds. The van der Waals surface area contributed by atoms with E-state index in [4.69, 9.17) is 4.74 Å². The average Bonchev–Trinajstić information content (AvgIpc) is 2.78. The van der Waals surface area contributed by atoms with Crippen LogP contribution >= 0.6 is 0 Å². The Morgan fingerprint density at radius 2 is 1.77 bits per heavy atom. The fourth-order valence-electron chi connectivity index (χ4n) is 3.35. The zero-order valence-corrected chi connectivity index (χ0v) is 17.1. The van der Waals surface area contributed by atoms with E-state index in [1.54, 1.807) is 18.2 Å². The Bertz CT molecular complexity index is 984. The lowest BCUT2D eigenvalue weighted by atomic mass is 9.98. The number of piperidine rings is 1. The predicted molar refractivity (Wildman–Crippen MR) is 113 cm³/mol. The molecule has 2 aromatic rings. The molecule has 0 aromatic heterocycles. The summed E-state index contributed by atoms with van der Waals surface area (Å²) in [7, 11) is 0. The van der Waals surface area contributed by atoms with Gasteiger partial charge in [0.2, 0.25) is 0 Å². The lowest BCUT2D eigenvalue weighted by Crippen LogP contribution is -2.34. The van der Waals surface area contributed by atoms with E-state index in [0.717, 1.165) is 18.9 Å². The number of rotatable bonds is 6. The number of carbonyl (C=O) groups excluding carboxylic acids is 3. The van der Waals surface area contributed by atoms with Crippen molar-refractivity contribution >= 4 is 29.2 Å². The molecule has 0 saturated carbocycles. The van der Waals surface area contributed by atoms with Crippen molar-refractivity contribution in [3.05, 3.63) is 69.8 Å². The SMILES string of the molecule is CC1CCN(c2ccc(C(=O)OCC(=O)NC(=O)c3ccccc3)cc2[N+](=O)[O-])CC1. The van der Waals surface area contributed by atoms with Gasteiger partial charge >= 0.3 is 5.97 Å². The highest BCUT2D eigenvalue weighted by atomic mass is 16.6. The van der Waals surface area contributed by atoms with Crippen molar-refractivity contribution < 1.29 is 24.0 Å². The topological polar surface area (TPSA) is 119 Å². The molecular weight excluding hydrogens is 402 g/mol. The molecule has 31 heavy (non-hydrogen) atoms. The van der Waals surface area contributed by atoms with Crippen LogP contribution in [0.4, 0.5) is 11.4 Å². The molecule has 1 heterocycles. The summed E-state index contributed by atoms with van der Waals surface area (Å²) in [6.45, 7) is 2.88. The van der Waals surface area contributed by atoms with Gasteiger partial charge in [-0.25, -0.2) is 4.79 Å². The second kappa shape index (κ2) is 9.84. The third-order valence-corrected chi connectivity index (χ3v) is 5.16. The first-order valence-electron chi connectivity index (χ1n) is 9.95. The molecule has 0 atom stereocenters. The fourth-order valence-corrected chi connectivity index (χ4v) is 3.35. The van der Waals surface area contributed by atoms with Gasteiger partial charge in [0.05, 0.1) is 10.5 Å². The van der Waals surface area contributed by atoms with E-state index < -0.39 is 29.3 Å². The largest absolute Gasteiger partial charge is 0.452 e. The number of anilines is 1. The Balaban J connectivity index is 1.62. The highest BCUT2D eigenvalue weighted by Gasteiger charge is 2.25. The number of nitro benzene ring substituents is 1. The van der Waals surface area contributed by atoms with Crippen molar-refractivity contribution in [2.75, 3.05) is 24.6 Å². The number of amides is 2. The number of benzene rings is 2. The van der Waals surface area contributed by atoms with E-state index in [0.29, 0.717) is 30.3 Å². The molecule has 0 radical (unpaired) electrons. The first kappa shape index (κ1) is 21.9. The van der Waals surface area contributed by atoms with Crippen LogP contribution in [-0.4, -0.2) is 42.4 Å². The van der Waals surface area contributed by atoms with Crippen molar-refractivity contribution in [1.82, 2.24) is 5.32 Å². The van der Waals surface area contributed by atoms with Crippen LogP contribution in [-0.2, 0) is 9.53 Å². The molecule has 9 nitrogen and oxygen atoms in total. The van der Waals surface area contributed by atoms with Crippen molar-refractivity contribution in [2.45, 2.75) is 19.8 Å². The summed E-state index contributed by atoms with van der Waals surface area (Å²) in [5.41, 5.74) is 0.524. The van der Waals surface area contributed by atoms with Gasteiger partial charge in [0.1, 0.15) is 5.69 Å². The van der Waals surface area contributed by atoms with Gasteiger partial charge in [0, 0.05) is 24.7 Å². The maximum Gasteiger partial charge on any atom is 0.338 e. The van der Waals surface area contributed by atoms with Crippen molar-refractivity contribution in [3.63, 3.8) is 0 Å². The number of nitro groups is 1. The quantitative estimate of drug-likeness (QED) is 0.429. The minimum absolute atomic E-state index is 0.0389. The molecule has 0 unspecified atom stereocenters. The fraction of sp³-hybridized carbons (Fsp3) is 0.318. The molecule has 1 saturated heterocycles. The minimum atomic E-state index is -0.885. The highest BCUT2D eigenvalue weighted by Crippen LogP contribution is 2.32. The highest BCUT2D eigenvalue weighted by molar-refractivity contribution is 6.05. The van der Waals surface area contributed by atoms with E-state index in [1.165, 1.54) is 24.3 Å². The Kier molecular flexibility index (Phi) is 6.96. The summed E-state index contributed by atoms with van der Waals surface area (Å²) in [6.07, 6.45) is 1.88. The van der Waals surface area contributed by atoms with Gasteiger partial charge in [-0.1, -0.05) is 25.1 Å². The van der Waals surface area contributed by atoms with Gasteiger partial charge < -0.3 is 9.64 Å². The normalized spacial score (nSPS) is 14.0. The van der Waals surface area contributed by atoms with E-state index in [9.17, 15) is 24.5 Å². The zero-order valence-electron chi connectivity index (χ0n) is 17.1. The molecule has 162 valence electrons. The molecule has 1 aliphatic heterocycles. The number of hydrogen-bond acceptors (Lipinski definition) is 7. The Morgan fingerprint density at radius 3 is 2.42 bits per heavy atom. The molecule has 0 aliphatic carbocycles. The smallest absolute Gasteiger partial charge is 0.338 e. The van der Waals surface area contributed by atoms with Gasteiger partial charge in [-0.3, -0.25) is 25.0 Å². The molecular formula is C22H23N3O6. The van der Waals surface area contributed by atoms with Crippen LogP contribution in [0.15, 0.2) is 48.5 Å². The molecule has 2 aromatic carbocycles. The maximum absolute atomic E-state index is 12.3. The van der Waals surface area contributed by atoms with Crippen molar-refractivity contribution in [3.8, 4) is 0 Å². The molecule has 3 rings (SSSR count). The number of nitrogens with zero attached hydrogens (tertiary/aromatic N) is 2. The molecule has 1 fully saturated rings. The lowest BCUT2D eigenvalue weighted by Gasteiger charge is -2.31. The zero-order chi connectivity index (χ0) is 22.4. The number of hydrogen-bond donors (Lipinski definition) is 1. The number of nitrogens with one attached hydrogen (secondary N) is 1. The number of esters is 1. The van der Waals surface area contributed by atoms with Gasteiger partial charge in [0.25, 0.3) is 17.5 Å². The molecule has 1 N–H and O–H groups in total. The number of carbonyl (C=O) groups is 3. The lowest BCUT2D eigenvalue weighted by molar-refractivity contribution is -0.384. The predicted octanol–water partition coefficient (Wildman–Crippen LogP) is 2.94. The van der Waals surface area contributed by atoms with E-state index >= 15 is 0 Å². The molecule has 0 spiro atoms. The van der Waals surface area contributed by atoms with Gasteiger partial charge in [-0.15, -0.1) is 0 Å². The van der Waals surface area contributed by atoms with Gasteiger partial charge in [-0.05, 0) is 43.0 Å². The van der Waals surface area contributed by atoms with Crippen LogP contribution < -0.4 is 10.2 Å². The Hall–Kier alpha value is -3.75. The van der Waals surface area contributed by atoms with Crippen LogP contribution in [0.2, 0.25) is 0 Å². The number of ether oxygens (including phenoxy) is 1. The van der Waals surface area contributed by atoms with Crippen LogP contribution in [0.1, 0.15) is 40.5 Å². The van der Waals surface area contributed by atoms with Crippen molar-refractivity contribution in [1.29, 1.82) is 0 Å².